The van der Waals surface area contributed by atoms with Gasteiger partial charge in [0.15, 0.2) is 5.13 Å². The van der Waals surface area contributed by atoms with E-state index in [0.717, 1.165) is 11.3 Å². The van der Waals surface area contributed by atoms with Gasteiger partial charge in [-0.15, -0.1) is 11.3 Å². The zero-order valence-electron chi connectivity index (χ0n) is 14.7. The number of nitrogens with zero attached hydrogens (tertiary/aromatic N) is 1. The third-order valence-corrected chi connectivity index (χ3v) is 4.38. The van der Waals surface area contributed by atoms with Crippen molar-refractivity contribution in [1.82, 2.24) is 4.98 Å². The summed E-state index contributed by atoms with van der Waals surface area (Å²) in [5.74, 6) is -1.75. The van der Waals surface area contributed by atoms with Crippen LogP contribution in [0.25, 0.3) is 17.3 Å². The fraction of sp³-hybridized carbons (Fsp3) is 0.0500. The fourth-order valence-corrected chi connectivity index (χ4v) is 3.10. The highest BCUT2D eigenvalue weighted by Gasteiger charge is 2.12. The molecule has 0 unspecified atom stereocenters. The van der Waals surface area contributed by atoms with Crippen LogP contribution in [0.1, 0.15) is 12.5 Å². The Balaban J connectivity index is 1.69. The Kier molecular flexibility index (Phi) is 5.90. The highest BCUT2D eigenvalue weighted by Crippen LogP contribution is 2.28. The van der Waals surface area contributed by atoms with Gasteiger partial charge in [-0.2, -0.15) is 0 Å². The lowest BCUT2D eigenvalue weighted by Crippen LogP contribution is -2.07. The number of aromatic nitrogens is 1. The van der Waals surface area contributed by atoms with E-state index in [1.807, 2.05) is 0 Å². The summed E-state index contributed by atoms with van der Waals surface area (Å²) >= 11 is 1.13. The molecule has 1 heterocycles. The van der Waals surface area contributed by atoms with Crippen LogP contribution in [0.5, 0.6) is 0 Å². The molecule has 0 atom stereocenters. The van der Waals surface area contributed by atoms with Crippen molar-refractivity contribution < 1.29 is 18.4 Å². The number of hydrogen-bond donors (Lipinski definition) is 2. The second-order valence-corrected chi connectivity index (χ2v) is 6.62. The van der Waals surface area contributed by atoms with Gasteiger partial charge in [0, 0.05) is 35.2 Å². The van der Waals surface area contributed by atoms with E-state index in [-0.39, 0.29) is 16.6 Å². The van der Waals surface area contributed by atoms with Crippen LogP contribution in [0, 0.1) is 11.6 Å². The zero-order valence-corrected chi connectivity index (χ0v) is 15.5. The van der Waals surface area contributed by atoms with Crippen LogP contribution in [-0.2, 0) is 9.59 Å². The van der Waals surface area contributed by atoms with Crippen LogP contribution in [0.15, 0.2) is 53.9 Å². The van der Waals surface area contributed by atoms with Crippen molar-refractivity contribution in [1.29, 1.82) is 0 Å². The molecule has 3 aromatic rings. The molecule has 0 aliphatic rings. The van der Waals surface area contributed by atoms with Crippen LogP contribution in [0.3, 0.4) is 0 Å². The van der Waals surface area contributed by atoms with Crippen LogP contribution >= 0.6 is 11.3 Å². The van der Waals surface area contributed by atoms with Crippen molar-refractivity contribution in [3.63, 3.8) is 0 Å². The highest BCUT2D eigenvalue weighted by atomic mass is 32.1. The Morgan fingerprint density at radius 3 is 2.57 bits per heavy atom. The summed E-state index contributed by atoms with van der Waals surface area (Å²) in [5, 5.41) is 6.94. The molecule has 28 heavy (non-hydrogen) atoms. The van der Waals surface area contributed by atoms with Crippen LogP contribution < -0.4 is 10.6 Å². The molecule has 0 aliphatic heterocycles. The smallest absolute Gasteiger partial charge is 0.250 e. The Morgan fingerprint density at radius 2 is 1.86 bits per heavy atom. The normalized spacial score (nSPS) is 10.8. The first-order valence-corrected chi connectivity index (χ1v) is 9.07. The molecule has 5 nitrogen and oxygen atoms in total. The van der Waals surface area contributed by atoms with E-state index in [2.05, 4.69) is 15.6 Å². The average Bonchev–Trinajstić information content (AvgIpc) is 3.08. The summed E-state index contributed by atoms with van der Waals surface area (Å²) in [6, 6.07) is 10.3. The molecule has 2 amide bonds. The second-order valence-electron chi connectivity index (χ2n) is 5.76. The minimum Gasteiger partial charge on any atom is -0.326 e. The van der Waals surface area contributed by atoms with Crippen LogP contribution in [0.2, 0.25) is 0 Å². The lowest BCUT2D eigenvalue weighted by atomic mass is 10.1. The standard InChI is InChI=1S/C20H15F2N3O2S/c1-12(26)23-14-7-8-15(17(22)10-14)18-11-28-20(24-18)25-19(27)9-6-13-4-2-3-5-16(13)21/h2-11H,1H3,(H,23,26)(H,24,25,27)/b9-6+. The summed E-state index contributed by atoms with van der Waals surface area (Å²) in [6.45, 7) is 1.34. The van der Waals surface area contributed by atoms with Gasteiger partial charge in [0.2, 0.25) is 11.8 Å². The van der Waals surface area contributed by atoms with Gasteiger partial charge >= 0.3 is 0 Å². The van der Waals surface area contributed by atoms with E-state index in [1.54, 1.807) is 29.6 Å². The van der Waals surface area contributed by atoms with E-state index in [9.17, 15) is 18.4 Å². The first-order chi connectivity index (χ1) is 13.4. The maximum absolute atomic E-state index is 14.3. The number of anilines is 2. The molecule has 142 valence electrons. The molecule has 8 heteroatoms. The summed E-state index contributed by atoms with van der Waals surface area (Å²) in [7, 11) is 0. The largest absolute Gasteiger partial charge is 0.326 e. The number of halogens is 2. The molecule has 0 radical (unpaired) electrons. The van der Waals surface area contributed by atoms with E-state index in [4.69, 9.17) is 0 Å². The van der Waals surface area contributed by atoms with Gasteiger partial charge in [-0.3, -0.25) is 14.9 Å². The van der Waals surface area contributed by atoms with Crippen molar-refractivity contribution in [2.45, 2.75) is 6.92 Å². The summed E-state index contributed by atoms with van der Waals surface area (Å²) < 4.78 is 27.8. The molecule has 0 spiro atoms. The van der Waals surface area contributed by atoms with Gasteiger partial charge in [0.05, 0.1) is 5.69 Å². The number of amides is 2. The SMILES string of the molecule is CC(=O)Nc1ccc(-c2csc(NC(=O)/C=C/c3ccccc3F)n2)c(F)c1. The fourth-order valence-electron chi connectivity index (χ4n) is 2.38. The van der Waals surface area contributed by atoms with Crippen molar-refractivity contribution in [2.24, 2.45) is 0 Å². The third-order valence-electron chi connectivity index (χ3n) is 3.62. The van der Waals surface area contributed by atoms with Crippen molar-refractivity contribution in [3.8, 4) is 11.3 Å². The quantitative estimate of drug-likeness (QED) is 0.611. The molecule has 3 rings (SSSR count). The topological polar surface area (TPSA) is 71.1 Å². The average molecular weight is 399 g/mol. The Hall–Kier alpha value is -3.39. The molecule has 0 fully saturated rings. The number of benzene rings is 2. The summed E-state index contributed by atoms with van der Waals surface area (Å²) in [5.41, 5.74) is 1.23. The molecule has 0 bridgehead atoms. The first-order valence-electron chi connectivity index (χ1n) is 8.19. The van der Waals surface area contributed by atoms with Gasteiger partial charge in [-0.25, -0.2) is 13.8 Å². The summed E-state index contributed by atoms with van der Waals surface area (Å²) in [4.78, 5) is 27.2. The van der Waals surface area contributed by atoms with E-state index in [0.29, 0.717) is 16.9 Å². The highest BCUT2D eigenvalue weighted by molar-refractivity contribution is 7.14. The molecule has 2 N–H and O–H groups in total. The first kappa shape index (κ1) is 19.4. The lowest BCUT2D eigenvalue weighted by molar-refractivity contribution is -0.114. The Labute approximate surface area is 163 Å². The summed E-state index contributed by atoms with van der Waals surface area (Å²) in [6.07, 6.45) is 2.56. The molecule has 2 aromatic carbocycles. The predicted octanol–water partition coefficient (Wildman–Crippen LogP) is 4.70. The number of hydrogen-bond acceptors (Lipinski definition) is 4. The van der Waals surface area contributed by atoms with E-state index < -0.39 is 17.5 Å². The van der Waals surface area contributed by atoms with Gasteiger partial charge in [0.1, 0.15) is 11.6 Å². The Morgan fingerprint density at radius 1 is 1.07 bits per heavy atom. The number of carbonyl (C=O) groups excluding carboxylic acids is 2. The predicted molar refractivity (Wildman–Crippen MR) is 106 cm³/mol. The maximum Gasteiger partial charge on any atom is 0.250 e. The van der Waals surface area contributed by atoms with Crippen LogP contribution in [0.4, 0.5) is 19.6 Å². The van der Waals surface area contributed by atoms with Gasteiger partial charge in [-0.05, 0) is 30.3 Å². The number of rotatable bonds is 5. The molecular weight excluding hydrogens is 384 g/mol. The van der Waals surface area contributed by atoms with Crippen molar-refractivity contribution >= 4 is 40.0 Å². The van der Waals surface area contributed by atoms with Gasteiger partial charge in [-0.1, -0.05) is 18.2 Å². The molecule has 0 saturated carbocycles. The molecule has 0 aliphatic carbocycles. The number of carbonyl (C=O) groups is 2. The lowest BCUT2D eigenvalue weighted by Gasteiger charge is -2.04. The van der Waals surface area contributed by atoms with E-state index >= 15 is 0 Å². The van der Waals surface area contributed by atoms with Crippen LogP contribution in [-0.4, -0.2) is 16.8 Å². The Bertz CT molecular complexity index is 1060. The number of nitrogens with one attached hydrogen (secondary N) is 2. The minimum atomic E-state index is -0.547. The third kappa shape index (κ3) is 4.86. The van der Waals surface area contributed by atoms with E-state index in [1.165, 1.54) is 37.3 Å². The number of thiazole rings is 1. The maximum atomic E-state index is 14.3. The van der Waals surface area contributed by atoms with Crippen molar-refractivity contribution in [3.05, 3.63) is 71.1 Å². The monoisotopic (exact) mass is 399 g/mol. The zero-order chi connectivity index (χ0) is 20.1. The minimum absolute atomic E-state index is 0.243. The molecular formula is C20H15F2N3O2S. The van der Waals surface area contributed by atoms with Gasteiger partial charge < -0.3 is 5.32 Å². The molecule has 0 saturated heterocycles. The van der Waals surface area contributed by atoms with Crippen molar-refractivity contribution in [2.75, 3.05) is 10.6 Å². The molecule has 1 aromatic heterocycles. The van der Waals surface area contributed by atoms with Gasteiger partial charge in [0.25, 0.3) is 0 Å². The second kappa shape index (κ2) is 8.53.